The van der Waals surface area contributed by atoms with E-state index in [-0.39, 0.29) is 12.7 Å². The Morgan fingerprint density at radius 2 is 2.00 bits per heavy atom. The largest absolute Gasteiger partial charge is 0.496 e. The molecule has 1 aliphatic heterocycles. The van der Waals surface area contributed by atoms with Crippen LogP contribution in [0.3, 0.4) is 0 Å². The van der Waals surface area contributed by atoms with E-state index in [4.69, 9.17) is 14.2 Å². The van der Waals surface area contributed by atoms with E-state index in [1.165, 1.54) is 0 Å². The van der Waals surface area contributed by atoms with E-state index in [1.54, 1.807) is 25.3 Å². The molecule has 1 amide bonds. The number of ether oxygens (including phenoxy) is 3. The summed E-state index contributed by atoms with van der Waals surface area (Å²) in [5, 5.41) is 2.86. The third-order valence-corrected chi connectivity index (χ3v) is 3.55. The number of methoxy groups -OCH3 is 1. The standard InChI is InChI=1S/C17H17NO4/c1-3-11-4-6-14(20-2)13(8-11)17(19)18-12-5-7-15-16(9-12)22-10-21-15/h4-9H,3,10H2,1-2H3,(H,18,19). The van der Waals surface area contributed by atoms with E-state index in [9.17, 15) is 4.79 Å². The van der Waals surface area contributed by atoms with Gasteiger partial charge in [-0.2, -0.15) is 0 Å². The molecule has 5 nitrogen and oxygen atoms in total. The molecule has 114 valence electrons. The molecule has 0 aliphatic carbocycles. The maximum absolute atomic E-state index is 12.5. The quantitative estimate of drug-likeness (QED) is 0.941. The van der Waals surface area contributed by atoms with Gasteiger partial charge in [-0.15, -0.1) is 0 Å². The maximum atomic E-state index is 12.5. The highest BCUT2D eigenvalue weighted by atomic mass is 16.7. The molecule has 1 N–H and O–H groups in total. The summed E-state index contributed by atoms with van der Waals surface area (Å²) in [6, 6.07) is 10.9. The minimum atomic E-state index is -0.217. The number of benzene rings is 2. The first kappa shape index (κ1) is 14.3. The van der Waals surface area contributed by atoms with Crippen LogP contribution in [0.4, 0.5) is 5.69 Å². The first-order chi connectivity index (χ1) is 10.7. The fourth-order valence-corrected chi connectivity index (χ4v) is 2.33. The van der Waals surface area contributed by atoms with Gasteiger partial charge in [0.25, 0.3) is 5.91 Å². The van der Waals surface area contributed by atoms with Gasteiger partial charge in [0, 0.05) is 11.8 Å². The first-order valence-corrected chi connectivity index (χ1v) is 7.09. The monoisotopic (exact) mass is 299 g/mol. The molecule has 2 aromatic rings. The SMILES string of the molecule is CCc1ccc(OC)c(C(=O)Nc2ccc3c(c2)OCO3)c1. The average molecular weight is 299 g/mol. The Morgan fingerprint density at radius 3 is 2.77 bits per heavy atom. The number of anilines is 1. The number of carbonyl (C=O) groups is 1. The van der Waals surface area contributed by atoms with Gasteiger partial charge in [0.2, 0.25) is 6.79 Å². The van der Waals surface area contributed by atoms with Crippen LogP contribution in [0.25, 0.3) is 0 Å². The lowest BCUT2D eigenvalue weighted by Gasteiger charge is -2.11. The van der Waals surface area contributed by atoms with E-state index >= 15 is 0 Å². The number of nitrogens with one attached hydrogen (secondary N) is 1. The topological polar surface area (TPSA) is 56.8 Å². The summed E-state index contributed by atoms with van der Waals surface area (Å²) in [4.78, 5) is 12.5. The van der Waals surface area contributed by atoms with Crippen molar-refractivity contribution in [2.75, 3.05) is 19.2 Å². The number of rotatable bonds is 4. The second kappa shape index (κ2) is 5.97. The minimum Gasteiger partial charge on any atom is -0.496 e. The number of fused-ring (bicyclic) bond motifs is 1. The number of amides is 1. The van der Waals surface area contributed by atoms with Gasteiger partial charge in [0.05, 0.1) is 12.7 Å². The van der Waals surface area contributed by atoms with E-state index in [1.807, 2.05) is 25.1 Å². The normalized spacial score (nSPS) is 12.1. The van der Waals surface area contributed by atoms with Crippen molar-refractivity contribution in [3.8, 4) is 17.2 Å². The summed E-state index contributed by atoms with van der Waals surface area (Å²) in [7, 11) is 1.55. The lowest BCUT2D eigenvalue weighted by Crippen LogP contribution is -2.13. The summed E-state index contributed by atoms with van der Waals surface area (Å²) in [6.45, 7) is 2.25. The Bertz CT molecular complexity index is 712. The molecule has 0 aromatic heterocycles. The zero-order valence-corrected chi connectivity index (χ0v) is 12.5. The third kappa shape index (κ3) is 2.70. The van der Waals surface area contributed by atoms with E-state index in [0.717, 1.165) is 12.0 Å². The van der Waals surface area contributed by atoms with Gasteiger partial charge in [-0.05, 0) is 36.2 Å². The molecule has 1 aliphatic rings. The Labute approximate surface area is 128 Å². The van der Waals surface area contributed by atoms with Gasteiger partial charge in [-0.25, -0.2) is 0 Å². The highest BCUT2D eigenvalue weighted by molar-refractivity contribution is 6.06. The highest BCUT2D eigenvalue weighted by Crippen LogP contribution is 2.34. The second-order valence-corrected chi connectivity index (χ2v) is 4.91. The molecule has 0 saturated heterocycles. The van der Waals surface area contributed by atoms with Crippen LogP contribution in [0, 0.1) is 0 Å². The molecule has 0 atom stereocenters. The average Bonchev–Trinajstić information content (AvgIpc) is 3.01. The van der Waals surface area contributed by atoms with Crippen LogP contribution in [-0.2, 0) is 6.42 Å². The number of hydrogen-bond acceptors (Lipinski definition) is 4. The van der Waals surface area contributed by atoms with Crippen molar-refractivity contribution < 1.29 is 19.0 Å². The summed E-state index contributed by atoms with van der Waals surface area (Å²) < 4.78 is 15.8. The van der Waals surface area contributed by atoms with E-state index in [2.05, 4.69) is 5.32 Å². The van der Waals surface area contributed by atoms with E-state index in [0.29, 0.717) is 28.5 Å². The van der Waals surface area contributed by atoms with Crippen LogP contribution >= 0.6 is 0 Å². The molecule has 0 fully saturated rings. The Hall–Kier alpha value is -2.69. The third-order valence-electron chi connectivity index (χ3n) is 3.55. The molecule has 0 radical (unpaired) electrons. The smallest absolute Gasteiger partial charge is 0.259 e. The van der Waals surface area contributed by atoms with E-state index < -0.39 is 0 Å². The predicted octanol–water partition coefficient (Wildman–Crippen LogP) is 3.24. The molecule has 5 heteroatoms. The van der Waals surface area contributed by atoms with Crippen molar-refractivity contribution in [1.29, 1.82) is 0 Å². The van der Waals surface area contributed by atoms with Gasteiger partial charge in [0.1, 0.15) is 5.75 Å². The van der Waals surface area contributed by atoms with Gasteiger partial charge in [-0.1, -0.05) is 13.0 Å². The van der Waals surface area contributed by atoms with Crippen LogP contribution in [0.15, 0.2) is 36.4 Å². The van der Waals surface area contributed by atoms with Crippen LogP contribution in [0.5, 0.6) is 17.2 Å². The summed E-state index contributed by atoms with van der Waals surface area (Å²) in [6.07, 6.45) is 0.855. The van der Waals surface area contributed by atoms with Crippen LogP contribution in [0.2, 0.25) is 0 Å². The van der Waals surface area contributed by atoms with Crippen molar-refractivity contribution in [1.82, 2.24) is 0 Å². The summed E-state index contributed by atoms with van der Waals surface area (Å²) in [5.41, 5.74) is 2.24. The Morgan fingerprint density at radius 1 is 1.18 bits per heavy atom. The Kier molecular flexibility index (Phi) is 3.87. The summed E-state index contributed by atoms with van der Waals surface area (Å²) >= 11 is 0. The van der Waals surface area contributed by atoms with Crippen LogP contribution in [0.1, 0.15) is 22.8 Å². The number of aryl methyl sites for hydroxylation is 1. The molecule has 0 saturated carbocycles. The highest BCUT2D eigenvalue weighted by Gasteiger charge is 2.16. The van der Waals surface area contributed by atoms with Gasteiger partial charge < -0.3 is 19.5 Å². The second-order valence-electron chi connectivity index (χ2n) is 4.91. The molecule has 2 aromatic carbocycles. The van der Waals surface area contributed by atoms with Crippen molar-refractivity contribution in [2.24, 2.45) is 0 Å². The Balaban J connectivity index is 1.85. The zero-order valence-electron chi connectivity index (χ0n) is 12.5. The molecule has 0 spiro atoms. The van der Waals surface area contributed by atoms with Crippen molar-refractivity contribution in [3.05, 3.63) is 47.5 Å². The maximum Gasteiger partial charge on any atom is 0.259 e. The van der Waals surface area contributed by atoms with Gasteiger partial charge in [-0.3, -0.25) is 4.79 Å². The fourth-order valence-electron chi connectivity index (χ4n) is 2.33. The van der Waals surface area contributed by atoms with Gasteiger partial charge >= 0.3 is 0 Å². The molecule has 3 rings (SSSR count). The summed E-state index contributed by atoms with van der Waals surface area (Å²) in [5.74, 6) is 1.65. The van der Waals surface area contributed by atoms with Crippen LogP contribution in [-0.4, -0.2) is 19.8 Å². The van der Waals surface area contributed by atoms with Gasteiger partial charge in [0.15, 0.2) is 11.5 Å². The molecule has 0 bridgehead atoms. The fraction of sp³-hybridized carbons (Fsp3) is 0.235. The van der Waals surface area contributed by atoms with Crippen molar-refractivity contribution in [2.45, 2.75) is 13.3 Å². The first-order valence-electron chi connectivity index (χ1n) is 7.09. The number of hydrogen-bond donors (Lipinski definition) is 1. The minimum absolute atomic E-state index is 0.207. The lowest BCUT2D eigenvalue weighted by atomic mass is 10.1. The molecule has 0 unspecified atom stereocenters. The molecule has 1 heterocycles. The molecular formula is C17H17NO4. The lowest BCUT2D eigenvalue weighted by molar-refractivity contribution is 0.102. The zero-order chi connectivity index (χ0) is 15.5. The van der Waals surface area contributed by atoms with Crippen molar-refractivity contribution in [3.63, 3.8) is 0 Å². The molecular weight excluding hydrogens is 282 g/mol. The predicted molar refractivity (Wildman–Crippen MR) is 82.9 cm³/mol. The van der Waals surface area contributed by atoms with Crippen molar-refractivity contribution >= 4 is 11.6 Å². The number of carbonyl (C=O) groups excluding carboxylic acids is 1. The molecule has 22 heavy (non-hydrogen) atoms. The van der Waals surface area contributed by atoms with Crippen LogP contribution < -0.4 is 19.5 Å².